The molecule has 0 radical (unpaired) electrons. The topological polar surface area (TPSA) is 64.7 Å². The minimum atomic E-state index is 0.374. The molecule has 0 spiro atoms. The van der Waals surface area contributed by atoms with Gasteiger partial charge < -0.3 is 5.73 Å². The van der Waals surface area contributed by atoms with Crippen LogP contribution in [-0.4, -0.2) is 15.0 Å². The first-order valence-corrected chi connectivity index (χ1v) is 7.56. The van der Waals surface area contributed by atoms with Crippen LogP contribution in [0.15, 0.2) is 16.7 Å². The van der Waals surface area contributed by atoms with Gasteiger partial charge in [0.15, 0.2) is 5.82 Å². The van der Waals surface area contributed by atoms with E-state index in [9.17, 15) is 0 Å². The first-order valence-electron chi connectivity index (χ1n) is 6.01. The van der Waals surface area contributed by atoms with Crippen LogP contribution >= 0.6 is 39.1 Å². The predicted molar refractivity (Wildman–Crippen MR) is 85.9 cm³/mol. The summed E-state index contributed by atoms with van der Waals surface area (Å²) in [5.41, 5.74) is 7.23. The van der Waals surface area contributed by atoms with Crippen LogP contribution in [0.25, 0.3) is 11.5 Å². The normalized spacial score (nSPS) is 11.1. The van der Waals surface area contributed by atoms with Gasteiger partial charge in [0, 0.05) is 6.20 Å². The van der Waals surface area contributed by atoms with Crippen LogP contribution in [-0.2, 0) is 6.42 Å². The summed E-state index contributed by atoms with van der Waals surface area (Å²) in [5, 5.41) is 0.862. The molecule has 4 nitrogen and oxygen atoms in total. The van der Waals surface area contributed by atoms with Crippen molar-refractivity contribution in [2.24, 2.45) is 5.92 Å². The lowest BCUT2D eigenvalue weighted by molar-refractivity contribution is 0.632. The maximum atomic E-state index is 6.13. The summed E-state index contributed by atoms with van der Waals surface area (Å²) < 4.78 is 0.722. The number of nitrogens with two attached hydrogens (primary N) is 1. The van der Waals surface area contributed by atoms with E-state index in [4.69, 9.17) is 28.9 Å². The summed E-state index contributed by atoms with van der Waals surface area (Å²) in [5.74, 6) is 1.23. The van der Waals surface area contributed by atoms with Crippen LogP contribution in [0.2, 0.25) is 10.0 Å². The van der Waals surface area contributed by atoms with E-state index in [0.717, 1.165) is 16.6 Å². The van der Waals surface area contributed by atoms with Crippen molar-refractivity contribution in [2.45, 2.75) is 20.3 Å². The van der Waals surface area contributed by atoms with E-state index in [-0.39, 0.29) is 0 Å². The molecule has 7 heteroatoms. The Morgan fingerprint density at radius 1 is 1.30 bits per heavy atom. The number of aromatic nitrogens is 3. The van der Waals surface area contributed by atoms with E-state index >= 15 is 0 Å². The highest BCUT2D eigenvalue weighted by Crippen LogP contribution is 2.30. The van der Waals surface area contributed by atoms with Crippen LogP contribution in [0.5, 0.6) is 0 Å². The number of pyridine rings is 1. The van der Waals surface area contributed by atoms with Crippen LogP contribution < -0.4 is 5.73 Å². The third-order valence-corrected chi connectivity index (χ3v) is 3.93. The van der Waals surface area contributed by atoms with Gasteiger partial charge in [-0.15, -0.1) is 0 Å². The average molecular weight is 376 g/mol. The number of nitrogens with zero attached hydrogens (tertiary/aromatic N) is 3. The van der Waals surface area contributed by atoms with Crippen LogP contribution in [0.3, 0.4) is 0 Å². The zero-order chi connectivity index (χ0) is 14.9. The summed E-state index contributed by atoms with van der Waals surface area (Å²) in [6.45, 7) is 4.22. The Kier molecular flexibility index (Phi) is 4.83. The van der Waals surface area contributed by atoms with E-state index in [0.29, 0.717) is 33.3 Å². The van der Waals surface area contributed by atoms with Crippen LogP contribution in [0, 0.1) is 5.92 Å². The second-order valence-electron chi connectivity index (χ2n) is 4.78. The summed E-state index contributed by atoms with van der Waals surface area (Å²) >= 11 is 15.4. The Morgan fingerprint density at radius 2 is 2.00 bits per heavy atom. The average Bonchev–Trinajstić information content (AvgIpc) is 2.34. The van der Waals surface area contributed by atoms with E-state index < -0.39 is 0 Å². The molecule has 0 atom stereocenters. The number of rotatable bonds is 3. The van der Waals surface area contributed by atoms with Gasteiger partial charge in [-0.25, -0.2) is 15.0 Å². The van der Waals surface area contributed by atoms with Gasteiger partial charge >= 0.3 is 0 Å². The van der Waals surface area contributed by atoms with E-state index in [2.05, 4.69) is 44.7 Å². The van der Waals surface area contributed by atoms with Crippen molar-refractivity contribution in [3.63, 3.8) is 0 Å². The minimum absolute atomic E-state index is 0.374. The van der Waals surface area contributed by atoms with Crippen molar-refractivity contribution >= 4 is 44.9 Å². The smallest absolute Gasteiger partial charge is 0.182 e. The van der Waals surface area contributed by atoms with E-state index in [1.54, 1.807) is 6.07 Å². The molecule has 0 aliphatic rings. The van der Waals surface area contributed by atoms with Crippen molar-refractivity contribution in [1.29, 1.82) is 0 Å². The zero-order valence-corrected chi connectivity index (χ0v) is 14.1. The third kappa shape index (κ3) is 3.40. The molecular formula is C13H13BrCl2N4. The van der Waals surface area contributed by atoms with E-state index in [1.165, 1.54) is 6.20 Å². The highest BCUT2D eigenvalue weighted by molar-refractivity contribution is 9.10. The van der Waals surface area contributed by atoms with Crippen molar-refractivity contribution in [1.82, 2.24) is 15.0 Å². The molecule has 20 heavy (non-hydrogen) atoms. The molecule has 106 valence electrons. The van der Waals surface area contributed by atoms with Gasteiger partial charge in [0.05, 0.1) is 20.2 Å². The number of anilines is 1. The number of hydrogen-bond donors (Lipinski definition) is 1. The summed E-state index contributed by atoms with van der Waals surface area (Å²) in [7, 11) is 0. The lowest BCUT2D eigenvalue weighted by Crippen LogP contribution is -2.06. The standard InChI is InChI=1S/C13H13BrCl2N4/c1-6(2)3-9-10(14)12(17)20-13(19-9)11-8(16)4-7(15)5-18-11/h4-6H,3H2,1-2H3,(H2,17,19,20). The van der Waals surface area contributed by atoms with Crippen LogP contribution in [0.4, 0.5) is 5.82 Å². The van der Waals surface area contributed by atoms with Gasteiger partial charge in [0.25, 0.3) is 0 Å². The number of nitrogen functional groups attached to an aromatic ring is 1. The molecule has 0 bridgehead atoms. The largest absolute Gasteiger partial charge is 0.383 e. The second-order valence-corrected chi connectivity index (χ2v) is 6.41. The van der Waals surface area contributed by atoms with Crippen molar-refractivity contribution in [2.75, 3.05) is 5.73 Å². The van der Waals surface area contributed by atoms with Gasteiger partial charge in [-0.3, -0.25) is 0 Å². The minimum Gasteiger partial charge on any atom is -0.383 e. The molecule has 0 aliphatic heterocycles. The molecule has 0 saturated carbocycles. The molecule has 0 aromatic carbocycles. The van der Waals surface area contributed by atoms with Gasteiger partial charge in [0.2, 0.25) is 0 Å². The Morgan fingerprint density at radius 3 is 2.60 bits per heavy atom. The maximum Gasteiger partial charge on any atom is 0.182 e. The molecule has 2 heterocycles. The molecular weight excluding hydrogens is 363 g/mol. The number of hydrogen-bond acceptors (Lipinski definition) is 4. The molecule has 0 fully saturated rings. The van der Waals surface area contributed by atoms with Gasteiger partial charge in [-0.1, -0.05) is 37.0 Å². The summed E-state index contributed by atoms with van der Waals surface area (Å²) in [6, 6.07) is 1.61. The highest BCUT2D eigenvalue weighted by Gasteiger charge is 2.15. The quantitative estimate of drug-likeness (QED) is 0.863. The van der Waals surface area contributed by atoms with Crippen LogP contribution in [0.1, 0.15) is 19.5 Å². The first kappa shape index (κ1) is 15.5. The predicted octanol–water partition coefficient (Wildman–Crippen LogP) is 4.39. The molecule has 2 N–H and O–H groups in total. The van der Waals surface area contributed by atoms with Crippen molar-refractivity contribution in [3.05, 3.63) is 32.5 Å². The second kappa shape index (κ2) is 6.24. The molecule has 0 aliphatic carbocycles. The first-order chi connectivity index (χ1) is 9.38. The zero-order valence-electron chi connectivity index (χ0n) is 11.0. The number of halogens is 3. The van der Waals surface area contributed by atoms with Crippen molar-refractivity contribution < 1.29 is 0 Å². The Balaban J connectivity index is 2.54. The van der Waals surface area contributed by atoms with Gasteiger partial charge in [-0.2, -0.15) is 0 Å². The highest BCUT2D eigenvalue weighted by atomic mass is 79.9. The van der Waals surface area contributed by atoms with Gasteiger partial charge in [-0.05, 0) is 34.3 Å². The SMILES string of the molecule is CC(C)Cc1nc(-c2ncc(Cl)cc2Cl)nc(N)c1Br. The Labute approximate surface area is 135 Å². The Hall–Kier alpha value is -0.910. The fraction of sp³-hybridized carbons (Fsp3) is 0.308. The molecule has 2 aromatic rings. The molecule has 0 saturated heterocycles. The fourth-order valence-corrected chi connectivity index (χ4v) is 2.52. The molecule has 2 rings (SSSR count). The molecule has 0 unspecified atom stereocenters. The summed E-state index contributed by atoms with van der Waals surface area (Å²) in [4.78, 5) is 12.9. The van der Waals surface area contributed by atoms with Gasteiger partial charge in [0.1, 0.15) is 11.5 Å². The van der Waals surface area contributed by atoms with E-state index in [1.807, 2.05) is 0 Å². The fourth-order valence-electron chi connectivity index (χ4n) is 1.72. The summed E-state index contributed by atoms with van der Waals surface area (Å²) in [6.07, 6.45) is 2.29. The van der Waals surface area contributed by atoms with Crippen molar-refractivity contribution in [3.8, 4) is 11.5 Å². The monoisotopic (exact) mass is 374 g/mol. The molecule has 0 amide bonds. The molecule has 2 aromatic heterocycles. The lowest BCUT2D eigenvalue weighted by atomic mass is 10.1. The maximum absolute atomic E-state index is 6.13. The lowest BCUT2D eigenvalue weighted by Gasteiger charge is -2.11. The Bertz CT molecular complexity index is 647. The third-order valence-electron chi connectivity index (χ3n) is 2.57.